The molecule has 0 saturated carbocycles. The van der Waals surface area contributed by atoms with Gasteiger partial charge in [0.05, 0.1) is 13.5 Å². The van der Waals surface area contributed by atoms with Crippen LogP contribution in [0.25, 0.3) is 10.8 Å². The molecule has 0 heterocycles. The molecule has 0 saturated heterocycles. The maximum absolute atomic E-state index is 14.0. The predicted molar refractivity (Wildman–Crippen MR) is 64.6 cm³/mol. The first-order valence-electron chi connectivity index (χ1n) is 5.05. The Kier molecular flexibility index (Phi) is 3.29. The highest BCUT2D eigenvalue weighted by molar-refractivity contribution is 6.31. The molecular formula is C13H10ClFO2. The Hall–Kier alpha value is -1.61. The van der Waals surface area contributed by atoms with E-state index in [0.29, 0.717) is 21.4 Å². The van der Waals surface area contributed by atoms with Gasteiger partial charge in [0, 0.05) is 10.4 Å². The number of ether oxygens (including phenoxy) is 1. The molecule has 0 N–H and O–H groups in total. The van der Waals surface area contributed by atoms with Gasteiger partial charge in [-0.2, -0.15) is 0 Å². The second kappa shape index (κ2) is 4.72. The summed E-state index contributed by atoms with van der Waals surface area (Å²) in [6.07, 6.45) is -0.0686. The molecule has 0 aliphatic heterocycles. The Morgan fingerprint density at radius 2 is 2.12 bits per heavy atom. The summed E-state index contributed by atoms with van der Waals surface area (Å²) < 4.78 is 18.6. The number of benzene rings is 2. The molecule has 0 aliphatic rings. The van der Waals surface area contributed by atoms with E-state index < -0.39 is 11.8 Å². The third-order valence-corrected chi connectivity index (χ3v) is 2.79. The van der Waals surface area contributed by atoms with Crippen molar-refractivity contribution in [1.29, 1.82) is 0 Å². The maximum atomic E-state index is 14.0. The number of methoxy groups -OCH3 is 1. The van der Waals surface area contributed by atoms with Gasteiger partial charge in [0.25, 0.3) is 0 Å². The van der Waals surface area contributed by atoms with Crippen LogP contribution >= 0.6 is 11.6 Å². The molecule has 2 aromatic carbocycles. The average Bonchev–Trinajstić information content (AvgIpc) is 2.32. The van der Waals surface area contributed by atoms with Gasteiger partial charge < -0.3 is 4.74 Å². The molecule has 4 heteroatoms. The molecule has 88 valence electrons. The van der Waals surface area contributed by atoms with E-state index in [9.17, 15) is 9.18 Å². The van der Waals surface area contributed by atoms with E-state index >= 15 is 0 Å². The van der Waals surface area contributed by atoms with Gasteiger partial charge >= 0.3 is 5.97 Å². The van der Waals surface area contributed by atoms with Gasteiger partial charge in [-0.3, -0.25) is 4.79 Å². The zero-order valence-electron chi connectivity index (χ0n) is 9.17. The van der Waals surface area contributed by atoms with Crippen LogP contribution in [-0.4, -0.2) is 13.1 Å². The summed E-state index contributed by atoms with van der Waals surface area (Å²) in [5.74, 6) is -0.859. The van der Waals surface area contributed by atoms with Crippen LogP contribution in [0.15, 0.2) is 30.3 Å². The SMILES string of the molecule is COC(=O)Cc1ccc2cc(Cl)ccc2c1F. The summed E-state index contributed by atoms with van der Waals surface area (Å²) in [6.45, 7) is 0. The van der Waals surface area contributed by atoms with Crippen LogP contribution in [0.3, 0.4) is 0 Å². The molecule has 2 nitrogen and oxygen atoms in total. The smallest absolute Gasteiger partial charge is 0.310 e. The zero-order chi connectivity index (χ0) is 12.4. The number of hydrogen-bond donors (Lipinski definition) is 0. The van der Waals surface area contributed by atoms with E-state index in [1.807, 2.05) is 0 Å². The summed E-state index contributed by atoms with van der Waals surface area (Å²) >= 11 is 5.82. The number of halogens is 2. The van der Waals surface area contributed by atoms with Gasteiger partial charge in [-0.15, -0.1) is 0 Å². The minimum Gasteiger partial charge on any atom is -0.469 e. The first kappa shape index (κ1) is 11.9. The fourth-order valence-corrected chi connectivity index (χ4v) is 1.85. The Bertz CT molecular complexity index is 581. The molecule has 0 aromatic heterocycles. The fraction of sp³-hybridized carbons (Fsp3) is 0.154. The summed E-state index contributed by atoms with van der Waals surface area (Å²) in [6, 6.07) is 8.22. The van der Waals surface area contributed by atoms with Gasteiger partial charge in [-0.1, -0.05) is 23.7 Å². The van der Waals surface area contributed by atoms with Crippen molar-refractivity contribution in [2.75, 3.05) is 7.11 Å². The van der Waals surface area contributed by atoms with Crippen LogP contribution in [-0.2, 0) is 16.0 Å². The van der Waals surface area contributed by atoms with Crippen molar-refractivity contribution in [2.24, 2.45) is 0 Å². The maximum Gasteiger partial charge on any atom is 0.310 e. The second-order valence-corrected chi connectivity index (χ2v) is 4.09. The van der Waals surface area contributed by atoms with Crippen LogP contribution < -0.4 is 0 Å². The van der Waals surface area contributed by atoms with Crippen molar-refractivity contribution >= 4 is 28.3 Å². The van der Waals surface area contributed by atoms with E-state index in [0.717, 1.165) is 0 Å². The number of hydrogen-bond acceptors (Lipinski definition) is 2. The normalized spacial score (nSPS) is 10.5. The van der Waals surface area contributed by atoms with Crippen molar-refractivity contribution in [3.63, 3.8) is 0 Å². The molecule has 0 spiro atoms. The summed E-state index contributed by atoms with van der Waals surface area (Å²) in [4.78, 5) is 11.1. The lowest BCUT2D eigenvalue weighted by Crippen LogP contribution is -2.06. The van der Waals surface area contributed by atoms with E-state index in [4.69, 9.17) is 11.6 Å². The van der Waals surface area contributed by atoms with Crippen molar-refractivity contribution < 1.29 is 13.9 Å². The molecule has 2 rings (SSSR count). The molecule has 0 radical (unpaired) electrons. The second-order valence-electron chi connectivity index (χ2n) is 3.66. The van der Waals surface area contributed by atoms with Gasteiger partial charge in [0.1, 0.15) is 5.82 Å². The van der Waals surface area contributed by atoms with Gasteiger partial charge in [0.15, 0.2) is 0 Å². The zero-order valence-corrected chi connectivity index (χ0v) is 9.92. The van der Waals surface area contributed by atoms with Crippen LogP contribution in [0.2, 0.25) is 5.02 Å². The van der Waals surface area contributed by atoms with E-state index in [1.165, 1.54) is 7.11 Å². The third kappa shape index (κ3) is 2.39. The minimum absolute atomic E-state index is 0.0686. The van der Waals surface area contributed by atoms with Gasteiger partial charge in [0.2, 0.25) is 0 Å². The first-order chi connectivity index (χ1) is 8.11. The molecule has 17 heavy (non-hydrogen) atoms. The standard InChI is InChI=1S/C13H10ClFO2/c1-17-12(16)7-9-3-2-8-6-10(14)4-5-11(8)13(9)15/h2-6H,7H2,1H3. The monoisotopic (exact) mass is 252 g/mol. The molecule has 2 aromatic rings. The molecule has 0 unspecified atom stereocenters. The lowest BCUT2D eigenvalue weighted by atomic mass is 10.0. The Balaban J connectivity index is 2.50. The first-order valence-corrected chi connectivity index (χ1v) is 5.43. The highest BCUT2D eigenvalue weighted by atomic mass is 35.5. The molecule has 0 fully saturated rings. The molecule has 0 aliphatic carbocycles. The van der Waals surface area contributed by atoms with Crippen LogP contribution in [0.5, 0.6) is 0 Å². The quantitative estimate of drug-likeness (QED) is 0.766. The van der Waals surface area contributed by atoms with Crippen LogP contribution in [0.1, 0.15) is 5.56 Å². The summed E-state index contributed by atoms with van der Waals surface area (Å²) in [7, 11) is 1.28. The molecule has 0 bridgehead atoms. The lowest BCUT2D eigenvalue weighted by molar-refractivity contribution is -0.139. The topological polar surface area (TPSA) is 26.3 Å². The third-order valence-electron chi connectivity index (χ3n) is 2.56. The Morgan fingerprint density at radius 1 is 1.35 bits per heavy atom. The highest BCUT2D eigenvalue weighted by Crippen LogP contribution is 2.24. The minimum atomic E-state index is -0.461. The molecule has 0 atom stereocenters. The average molecular weight is 253 g/mol. The van der Waals surface area contributed by atoms with E-state index in [2.05, 4.69) is 4.74 Å². The number of fused-ring (bicyclic) bond motifs is 1. The van der Waals surface area contributed by atoms with Gasteiger partial charge in [-0.25, -0.2) is 4.39 Å². The highest BCUT2D eigenvalue weighted by Gasteiger charge is 2.11. The van der Waals surface area contributed by atoms with Crippen molar-refractivity contribution in [3.8, 4) is 0 Å². The number of carbonyl (C=O) groups excluding carboxylic acids is 1. The number of rotatable bonds is 2. The molecule has 0 amide bonds. The van der Waals surface area contributed by atoms with Crippen molar-refractivity contribution in [1.82, 2.24) is 0 Å². The predicted octanol–water partition coefficient (Wildman–Crippen LogP) is 3.35. The van der Waals surface area contributed by atoms with Crippen molar-refractivity contribution in [2.45, 2.75) is 6.42 Å². The van der Waals surface area contributed by atoms with E-state index in [1.54, 1.807) is 30.3 Å². The fourth-order valence-electron chi connectivity index (χ4n) is 1.67. The lowest BCUT2D eigenvalue weighted by Gasteiger charge is -2.06. The van der Waals surface area contributed by atoms with Crippen LogP contribution in [0, 0.1) is 5.82 Å². The Labute approximate surface area is 103 Å². The van der Waals surface area contributed by atoms with Gasteiger partial charge in [-0.05, 0) is 29.1 Å². The summed E-state index contributed by atoms with van der Waals surface area (Å²) in [5, 5.41) is 1.72. The Morgan fingerprint density at radius 3 is 2.82 bits per heavy atom. The number of esters is 1. The van der Waals surface area contributed by atoms with E-state index in [-0.39, 0.29) is 6.42 Å². The molecular weight excluding hydrogens is 243 g/mol. The van der Waals surface area contributed by atoms with Crippen molar-refractivity contribution in [3.05, 3.63) is 46.7 Å². The number of carbonyl (C=O) groups is 1. The summed E-state index contributed by atoms with van der Waals surface area (Å²) in [5.41, 5.74) is 0.326. The largest absolute Gasteiger partial charge is 0.469 e. The van der Waals surface area contributed by atoms with Crippen LogP contribution in [0.4, 0.5) is 4.39 Å².